The average Bonchev–Trinajstić information content (AvgIpc) is 2.83. The zero-order valence-corrected chi connectivity index (χ0v) is 12.8. The van der Waals surface area contributed by atoms with Crippen molar-refractivity contribution >= 4 is 11.6 Å². The lowest BCUT2D eigenvalue weighted by molar-refractivity contribution is -0.117. The lowest BCUT2D eigenvalue weighted by atomic mass is 10.0. The third kappa shape index (κ3) is 3.02. The van der Waals surface area contributed by atoms with Crippen LogP contribution in [-0.4, -0.2) is 17.4 Å². The molecule has 4 heteroatoms. The molecule has 1 heterocycles. The fourth-order valence-electron chi connectivity index (χ4n) is 2.84. The van der Waals surface area contributed by atoms with Gasteiger partial charge in [0.15, 0.2) is 0 Å². The molecule has 3 rings (SSSR count). The largest absolute Gasteiger partial charge is 0.322 e. The van der Waals surface area contributed by atoms with Gasteiger partial charge >= 0.3 is 0 Å². The van der Waals surface area contributed by atoms with Gasteiger partial charge in [0.2, 0.25) is 5.91 Å². The van der Waals surface area contributed by atoms with Crippen LogP contribution >= 0.6 is 0 Å². The molecule has 0 radical (unpaired) electrons. The van der Waals surface area contributed by atoms with Gasteiger partial charge in [-0.15, -0.1) is 0 Å². The Morgan fingerprint density at radius 1 is 1.14 bits per heavy atom. The van der Waals surface area contributed by atoms with Crippen LogP contribution in [0.4, 0.5) is 10.1 Å². The third-order valence-corrected chi connectivity index (χ3v) is 4.12. The van der Waals surface area contributed by atoms with Gasteiger partial charge in [-0.05, 0) is 48.2 Å². The average molecular weight is 298 g/mol. The summed E-state index contributed by atoms with van der Waals surface area (Å²) in [7, 11) is 0. The number of fused-ring (bicyclic) bond motifs is 1. The highest BCUT2D eigenvalue weighted by molar-refractivity contribution is 5.92. The van der Waals surface area contributed by atoms with E-state index in [9.17, 15) is 9.18 Å². The predicted octanol–water partition coefficient (Wildman–Crippen LogP) is 3.40. The number of halogens is 1. The van der Waals surface area contributed by atoms with Crippen molar-refractivity contribution in [1.29, 1.82) is 0 Å². The number of amides is 1. The number of rotatable bonds is 3. The summed E-state index contributed by atoms with van der Waals surface area (Å²) in [5, 5.41) is 2.63. The lowest BCUT2D eigenvalue weighted by Gasteiger charge is -2.14. The molecule has 0 saturated carbocycles. The summed E-state index contributed by atoms with van der Waals surface area (Å²) in [5.41, 5.74) is 5.34. The van der Waals surface area contributed by atoms with Crippen molar-refractivity contribution in [2.24, 2.45) is 0 Å². The first kappa shape index (κ1) is 14.7. The Hall–Kier alpha value is -2.20. The molecule has 1 amide bonds. The van der Waals surface area contributed by atoms with E-state index in [1.165, 1.54) is 28.3 Å². The number of hydrogen-bond acceptors (Lipinski definition) is 2. The SMILES string of the molecule is Cc1cc2c(cc1C)CN(CC(=O)Nc1ccccc1F)C2. The number of para-hydroxylation sites is 1. The van der Waals surface area contributed by atoms with E-state index in [1.807, 2.05) is 0 Å². The number of nitrogens with one attached hydrogen (secondary N) is 1. The summed E-state index contributed by atoms with van der Waals surface area (Å²) in [6, 6.07) is 10.6. The van der Waals surface area contributed by atoms with E-state index < -0.39 is 5.82 Å². The van der Waals surface area contributed by atoms with Gasteiger partial charge in [-0.1, -0.05) is 24.3 Å². The van der Waals surface area contributed by atoms with Gasteiger partial charge < -0.3 is 5.32 Å². The maximum Gasteiger partial charge on any atom is 0.238 e. The minimum Gasteiger partial charge on any atom is -0.322 e. The van der Waals surface area contributed by atoms with Crippen molar-refractivity contribution in [1.82, 2.24) is 4.90 Å². The van der Waals surface area contributed by atoms with Gasteiger partial charge in [0, 0.05) is 13.1 Å². The van der Waals surface area contributed by atoms with Crippen molar-refractivity contribution in [2.45, 2.75) is 26.9 Å². The molecule has 0 aromatic heterocycles. The summed E-state index contributed by atoms with van der Waals surface area (Å²) < 4.78 is 13.5. The number of hydrogen-bond donors (Lipinski definition) is 1. The molecule has 22 heavy (non-hydrogen) atoms. The Balaban J connectivity index is 1.63. The molecular weight excluding hydrogens is 279 g/mol. The molecule has 0 fully saturated rings. The van der Waals surface area contributed by atoms with Crippen LogP contribution in [0.5, 0.6) is 0 Å². The van der Waals surface area contributed by atoms with Crippen LogP contribution in [0, 0.1) is 19.7 Å². The lowest BCUT2D eigenvalue weighted by Crippen LogP contribution is -2.29. The van der Waals surface area contributed by atoms with Gasteiger partial charge in [-0.2, -0.15) is 0 Å². The van der Waals surface area contributed by atoms with E-state index in [0.29, 0.717) is 0 Å². The first-order chi connectivity index (χ1) is 10.5. The minimum atomic E-state index is -0.410. The van der Waals surface area contributed by atoms with Gasteiger partial charge in [0.05, 0.1) is 12.2 Å². The molecule has 0 atom stereocenters. The molecule has 2 aromatic carbocycles. The van der Waals surface area contributed by atoms with E-state index in [-0.39, 0.29) is 18.1 Å². The molecule has 1 aliphatic rings. The molecule has 0 unspecified atom stereocenters. The molecule has 2 aromatic rings. The van der Waals surface area contributed by atoms with E-state index in [0.717, 1.165) is 13.1 Å². The number of nitrogens with zero attached hydrogens (tertiary/aromatic N) is 1. The molecule has 3 nitrogen and oxygen atoms in total. The van der Waals surface area contributed by atoms with Gasteiger partial charge in [0.25, 0.3) is 0 Å². The second-order valence-electron chi connectivity index (χ2n) is 5.88. The van der Waals surface area contributed by atoms with Crippen LogP contribution in [0.25, 0.3) is 0 Å². The minimum absolute atomic E-state index is 0.189. The third-order valence-electron chi connectivity index (χ3n) is 4.12. The quantitative estimate of drug-likeness (QED) is 0.942. The maximum atomic E-state index is 13.5. The maximum absolute atomic E-state index is 13.5. The topological polar surface area (TPSA) is 32.3 Å². The van der Waals surface area contributed by atoms with Gasteiger partial charge in [-0.25, -0.2) is 4.39 Å². The summed E-state index contributed by atoms with van der Waals surface area (Å²) in [6.45, 7) is 6.00. The molecule has 1 aliphatic heterocycles. The Labute approximate surface area is 129 Å². The van der Waals surface area contributed by atoms with E-state index in [1.54, 1.807) is 18.2 Å². The van der Waals surface area contributed by atoms with Crippen LogP contribution < -0.4 is 5.32 Å². The molecule has 1 N–H and O–H groups in total. The van der Waals surface area contributed by atoms with Crippen molar-refractivity contribution in [3.05, 3.63) is 64.5 Å². The first-order valence-electron chi connectivity index (χ1n) is 7.38. The van der Waals surface area contributed by atoms with Crippen LogP contribution in [0.1, 0.15) is 22.3 Å². The highest BCUT2D eigenvalue weighted by atomic mass is 19.1. The fraction of sp³-hybridized carbons (Fsp3) is 0.278. The molecule has 0 saturated heterocycles. The van der Waals surface area contributed by atoms with Gasteiger partial charge in [-0.3, -0.25) is 9.69 Å². The highest BCUT2D eigenvalue weighted by Crippen LogP contribution is 2.25. The van der Waals surface area contributed by atoms with Crippen LogP contribution in [0.2, 0.25) is 0 Å². The number of benzene rings is 2. The Bertz CT molecular complexity index is 696. The van der Waals surface area contributed by atoms with Gasteiger partial charge in [0.1, 0.15) is 5.82 Å². The predicted molar refractivity (Wildman–Crippen MR) is 85.1 cm³/mol. The van der Waals surface area contributed by atoms with E-state index >= 15 is 0 Å². The molecule has 0 bridgehead atoms. The summed E-state index contributed by atoms with van der Waals surface area (Å²) in [5.74, 6) is -0.599. The van der Waals surface area contributed by atoms with Crippen molar-refractivity contribution < 1.29 is 9.18 Å². The second-order valence-corrected chi connectivity index (χ2v) is 5.88. The number of carbonyl (C=O) groups is 1. The van der Waals surface area contributed by atoms with E-state index in [4.69, 9.17) is 0 Å². The van der Waals surface area contributed by atoms with E-state index in [2.05, 4.69) is 36.2 Å². The smallest absolute Gasteiger partial charge is 0.238 e. The number of carbonyl (C=O) groups excluding carboxylic acids is 1. The molecule has 114 valence electrons. The Kier molecular flexibility index (Phi) is 3.94. The summed E-state index contributed by atoms with van der Waals surface area (Å²) in [4.78, 5) is 14.2. The first-order valence-corrected chi connectivity index (χ1v) is 7.38. The van der Waals surface area contributed by atoms with Crippen molar-refractivity contribution in [3.63, 3.8) is 0 Å². The van der Waals surface area contributed by atoms with Crippen LogP contribution in [0.3, 0.4) is 0 Å². The normalized spacial score (nSPS) is 14.0. The van der Waals surface area contributed by atoms with Crippen LogP contribution in [0.15, 0.2) is 36.4 Å². The highest BCUT2D eigenvalue weighted by Gasteiger charge is 2.21. The fourth-order valence-corrected chi connectivity index (χ4v) is 2.84. The molecule has 0 aliphatic carbocycles. The molecule has 0 spiro atoms. The van der Waals surface area contributed by atoms with Crippen LogP contribution in [-0.2, 0) is 17.9 Å². The number of aryl methyl sites for hydroxylation is 2. The zero-order valence-electron chi connectivity index (χ0n) is 12.8. The van der Waals surface area contributed by atoms with Crippen molar-refractivity contribution in [3.8, 4) is 0 Å². The monoisotopic (exact) mass is 298 g/mol. The van der Waals surface area contributed by atoms with Crippen molar-refractivity contribution in [2.75, 3.05) is 11.9 Å². The molecular formula is C18H19FN2O. The Morgan fingerprint density at radius 3 is 2.32 bits per heavy atom. The number of anilines is 1. The standard InChI is InChI=1S/C18H19FN2O/c1-12-7-14-9-21(10-15(14)8-13(12)2)11-18(22)20-17-6-4-3-5-16(17)19/h3-8H,9-11H2,1-2H3,(H,20,22). The second kappa shape index (κ2) is 5.89. The summed E-state index contributed by atoms with van der Waals surface area (Å²) in [6.07, 6.45) is 0. The Morgan fingerprint density at radius 2 is 1.73 bits per heavy atom. The summed E-state index contributed by atoms with van der Waals surface area (Å²) >= 11 is 0. The zero-order chi connectivity index (χ0) is 15.7.